The highest BCUT2D eigenvalue weighted by molar-refractivity contribution is 5.79. The van der Waals surface area contributed by atoms with Crippen LogP contribution in [0.15, 0.2) is 54.7 Å². The Hall–Kier alpha value is -2.06. The van der Waals surface area contributed by atoms with Crippen LogP contribution < -0.4 is 0 Å². The Labute approximate surface area is 143 Å². The van der Waals surface area contributed by atoms with E-state index in [-0.39, 0.29) is 0 Å². The lowest BCUT2D eigenvalue weighted by Gasteiger charge is -2.42. The first-order chi connectivity index (χ1) is 11.8. The van der Waals surface area contributed by atoms with Crippen molar-refractivity contribution in [3.63, 3.8) is 0 Å². The molecule has 122 valence electrons. The minimum Gasteiger partial charge on any atom is -0.361 e. The number of hydrogen-bond acceptors (Lipinski definition) is 1. The van der Waals surface area contributed by atoms with Crippen LogP contribution in [-0.2, 0) is 19.4 Å². The Morgan fingerprint density at radius 3 is 2.75 bits per heavy atom. The lowest BCUT2D eigenvalue weighted by Crippen LogP contribution is -2.46. The fraction of sp³-hybridized carbons (Fsp3) is 0.364. The summed E-state index contributed by atoms with van der Waals surface area (Å²) >= 11 is 0. The van der Waals surface area contributed by atoms with Gasteiger partial charge in [-0.3, -0.25) is 4.90 Å². The highest BCUT2D eigenvalue weighted by Crippen LogP contribution is 2.33. The molecule has 0 radical (unpaired) electrons. The monoisotopic (exact) mass is 316 g/mol. The SMILES string of the molecule is c1ccc2c(c1)C[C@@H]1CC[C@H](C2)N(Cc2ccc3[nH]ccc3c2)C1. The summed E-state index contributed by atoms with van der Waals surface area (Å²) in [4.78, 5) is 6.04. The highest BCUT2D eigenvalue weighted by Gasteiger charge is 2.31. The summed E-state index contributed by atoms with van der Waals surface area (Å²) in [5.41, 5.74) is 5.86. The summed E-state index contributed by atoms with van der Waals surface area (Å²) in [6.07, 6.45) is 7.26. The minimum absolute atomic E-state index is 0.699. The van der Waals surface area contributed by atoms with E-state index >= 15 is 0 Å². The molecule has 1 fully saturated rings. The van der Waals surface area contributed by atoms with Crippen LogP contribution in [0, 0.1) is 5.92 Å². The summed E-state index contributed by atoms with van der Waals surface area (Å²) in [5, 5.41) is 1.33. The van der Waals surface area contributed by atoms with E-state index in [4.69, 9.17) is 0 Å². The summed E-state index contributed by atoms with van der Waals surface area (Å²) in [6.45, 7) is 2.34. The molecule has 2 atom stereocenters. The van der Waals surface area contributed by atoms with Crippen molar-refractivity contribution in [3.8, 4) is 0 Å². The molecule has 2 aromatic carbocycles. The molecule has 0 amide bonds. The predicted molar refractivity (Wildman–Crippen MR) is 99.1 cm³/mol. The molecule has 1 N–H and O–H groups in total. The van der Waals surface area contributed by atoms with Crippen LogP contribution in [0.3, 0.4) is 0 Å². The molecule has 3 heterocycles. The molecule has 1 aromatic heterocycles. The number of fused-ring (bicyclic) bond motifs is 3. The number of nitrogens with zero attached hydrogens (tertiary/aromatic N) is 1. The van der Waals surface area contributed by atoms with Crippen molar-refractivity contribution in [2.45, 2.75) is 38.3 Å². The van der Waals surface area contributed by atoms with Gasteiger partial charge in [-0.25, -0.2) is 0 Å². The second kappa shape index (κ2) is 5.78. The molecule has 24 heavy (non-hydrogen) atoms. The molecule has 2 nitrogen and oxygen atoms in total. The molecule has 1 aliphatic carbocycles. The van der Waals surface area contributed by atoms with Crippen LogP contribution >= 0.6 is 0 Å². The van der Waals surface area contributed by atoms with Crippen LogP contribution in [0.4, 0.5) is 0 Å². The minimum atomic E-state index is 0.699. The molecule has 2 aliphatic heterocycles. The van der Waals surface area contributed by atoms with E-state index in [0.717, 1.165) is 12.5 Å². The van der Waals surface area contributed by atoms with Crippen molar-refractivity contribution in [2.24, 2.45) is 5.92 Å². The fourth-order valence-corrected chi connectivity index (χ4v) is 4.73. The standard InChI is InChI=1S/C22H24N2/c1-2-4-19-13-21-7-5-16(11-18(19)3-1)14-24(21)15-17-6-8-22-20(12-17)9-10-23-22/h1-4,6,8-10,12,16,21,23H,5,7,11,13-15H2/t16-,21+/m0/s1. The van der Waals surface area contributed by atoms with Gasteiger partial charge in [-0.1, -0.05) is 30.3 Å². The van der Waals surface area contributed by atoms with Gasteiger partial charge in [0.15, 0.2) is 0 Å². The van der Waals surface area contributed by atoms with Gasteiger partial charge in [-0.15, -0.1) is 0 Å². The average Bonchev–Trinajstić information content (AvgIpc) is 3.03. The van der Waals surface area contributed by atoms with Crippen molar-refractivity contribution in [3.05, 3.63) is 71.4 Å². The smallest absolute Gasteiger partial charge is 0.0454 e. The highest BCUT2D eigenvalue weighted by atomic mass is 15.2. The van der Waals surface area contributed by atoms with E-state index in [1.807, 2.05) is 6.20 Å². The Morgan fingerprint density at radius 2 is 1.83 bits per heavy atom. The maximum Gasteiger partial charge on any atom is 0.0454 e. The van der Waals surface area contributed by atoms with Gasteiger partial charge in [0.05, 0.1) is 0 Å². The lowest BCUT2D eigenvalue weighted by atomic mass is 9.80. The van der Waals surface area contributed by atoms with E-state index in [1.165, 1.54) is 48.7 Å². The van der Waals surface area contributed by atoms with Crippen LogP contribution in [0.1, 0.15) is 29.5 Å². The molecule has 3 aliphatic rings. The Kier molecular flexibility index (Phi) is 3.45. The van der Waals surface area contributed by atoms with Gasteiger partial charge in [0.25, 0.3) is 0 Å². The van der Waals surface area contributed by atoms with Crippen LogP contribution in [-0.4, -0.2) is 22.5 Å². The summed E-state index contributed by atoms with van der Waals surface area (Å²) in [5.74, 6) is 0.818. The third-order valence-electron chi connectivity index (χ3n) is 6.00. The number of aromatic nitrogens is 1. The summed E-state index contributed by atoms with van der Waals surface area (Å²) in [7, 11) is 0. The molecule has 0 saturated carbocycles. The molecule has 0 unspecified atom stereocenters. The molecule has 2 bridgehead atoms. The number of piperidine rings is 1. The van der Waals surface area contributed by atoms with E-state index in [1.54, 1.807) is 11.1 Å². The number of nitrogens with one attached hydrogen (secondary N) is 1. The number of rotatable bonds is 2. The number of hydrogen-bond donors (Lipinski definition) is 1. The van der Waals surface area contributed by atoms with Crippen LogP contribution in [0.5, 0.6) is 0 Å². The first-order valence-electron chi connectivity index (χ1n) is 9.22. The number of aromatic amines is 1. The molecule has 6 rings (SSSR count). The zero-order valence-electron chi connectivity index (χ0n) is 14.0. The van der Waals surface area contributed by atoms with Crippen LogP contribution in [0.25, 0.3) is 10.9 Å². The van der Waals surface area contributed by atoms with Gasteiger partial charge in [0, 0.05) is 30.8 Å². The summed E-state index contributed by atoms with van der Waals surface area (Å²) < 4.78 is 0. The second-order valence-electron chi connectivity index (χ2n) is 7.60. The Morgan fingerprint density at radius 1 is 0.958 bits per heavy atom. The first kappa shape index (κ1) is 14.3. The quantitative estimate of drug-likeness (QED) is 0.735. The maximum absolute atomic E-state index is 3.29. The van der Waals surface area contributed by atoms with Gasteiger partial charge in [0.2, 0.25) is 0 Å². The third-order valence-corrected chi connectivity index (χ3v) is 6.00. The van der Waals surface area contributed by atoms with Gasteiger partial charge >= 0.3 is 0 Å². The van der Waals surface area contributed by atoms with Gasteiger partial charge in [0.1, 0.15) is 0 Å². The summed E-state index contributed by atoms with van der Waals surface area (Å²) in [6, 6.07) is 18.9. The molecule has 3 aromatic rings. The Bertz CT molecular complexity index is 863. The van der Waals surface area contributed by atoms with E-state index < -0.39 is 0 Å². The van der Waals surface area contributed by atoms with Crippen LogP contribution in [0.2, 0.25) is 0 Å². The maximum atomic E-state index is 3.29. The van der Waals surface area contributed by atoms with Crippen molar-refractivity contribution in [2.75, 3.05) is 6.54 Å². The van der Waals surface area contributed by atoms with Crippen molar-refractivity contribution in [1.29, 1.82) is 0 Å². The molecule has 2 heteroatoms. The second-order valence-corrected chi connectivity index (χ2v) is 7.60. The molecule has 1 saturated heterocycles. The largest absolute Gasteiger partial charge is 0.361 e. The topological polar surface area (TPSA) is 19.0 Å². The van der Waals surface area contributed by atoms with Gasteiger partial charge < -0.3 is 4.98 Å². The zero-order valence-corrected chi connectivity index (χ0v) is 14.0. The Balaban J connectivity index is 1.42. The van der Waals surface area contributed by atoms with Gasteiger partial charge in [-0.2, -0.15) is 0 Å². The fourth-order valence-electron chi connectivity index (χ4n) is 4.73. The van der Waals surface area contributed by atoms with Crippen molar-refractivity contribution >= 4 is 10.9 Å². The van der Waals surface area contributed by atoms with Crippen molar-refractivity contribution < 1.29 is 0 Å². The molecular weight excluding hydrogens is 292 g/mol. The van der Waals surface area contributed by atoms with Gasteiger partial charge in [-0.05, 0) is 71.9 Å². The number of H-pyrrole nitrogens is 1. The average molecular weight is 316 g/mol. The zero-order chi connectivity index (χ0) is 15.9. The van der Waals surface area contributed by atoms with E-state index in [0.29, 0.717) is 6.04 Å². The normalized spacial score (nSPS) is 23.8. The van der Waals surface area contributed by atoms with E-state index in [9.17, 15) is 0 Å². The third kappa shape index (κ3) is 2.55. The lowest BCUT2D eigenvalue weighted by molar-refractivity contribution is 0.0938. The van der Waals surface area contributed by atoms with E-state index in [2.05, 4.69) is 58.4 Å². The number of benzene rings is 2. The predicted octanol–water partition coefficient (Wildman–Crippen LogP) is 4.55. The first-order valence-corrected chi connectivity index (χ1v) is 9.22. The van der Waals surface area contributed by atoms with Crippen molar-refractivity contribution in [1.82, 2.24) is 9.88 Å². The molecular formula is C22H24N2. The molecule has 0 spiro atoms.